The molecule has 0 saturated heterocycles. The Morgan fingerprint density at radius 1 is 1.38 bits per heavy atom. The molecule has 0 aliphatic heterocycles. The summed E-state index contributed by atoms with van der Waals surface area (Å²) < 4.78 is 0. The first kappa shape index (κ1) is 9.20. The molecule has 0 bridgehead atoms. The van der Waals surface area contributed by atoms with Gasteiger partial charge in [0, 0.05) is 11.3 Å². The van der Waals surface area contributed by atoms with E-state index < -0.39 is 0 Å². The highest BCUT2D eigenvalue weighted by molar-refractivity contribution is 5.89. The highest BCUT2D eigenvalue weighted by Gasteiger charge is 2.57. The van der Waals surface area contributed by atoms with E-state index in [4.69, 9.17) is 0 Å². The predicted octanol–water partition coefficient (Wildman–Crippen LogP) is 1.62. The van der Waals surface area contributed by atoms with Crippen LogP contribution in [0, 0.1) is 23.2 Å². The van der Waals surface area contributed by atoms with E-state index in [9.17, 15) is 9.90 Å². The molecule has 0 aromatic heterocycles. The maximum absolute atomic E-state index is 12.0. The summed E-state index contributed by atoms with van der Waals surface area (Å²) in [7, 11) is 0. The first-order valence-corrected chi connectivity index (χ1v) is 5.18. The van der Waals surface area contributed by atoms with Crippen LogP contribution in [0.25, 0.3) is 0 Å². The Balaban J connectivity index is 2.34. The largest absolute Gasteiger partial charge is 0.393 e. The Labute approximate surface area is 79.3 Å². The highest BCUT2D eigenvalue weighted by Crippen LogP contribution is 2.53. The van der Waals surface area contributed by atoms with Gasteiger partial charge < -0.3 is 5.11 Å². The van der Waals surface area contributed by atoms with Gasteiger partial charge in [-0.2, -0.15) is 0 Å². The van der Waals surface area contributed by atoms with Crippen molar-refractivity contribution < 1.29 is 9.90 Å². The number of carbonyl (C=O) groups excluding carboxylic acids is 1. The normalized spacial score (nSPS) is 48.2. The third kappa shape index (κ3) is 1.01. The van der Waals surface area contributed by atoms with Crippen LogP contribution in [0.1, 0.15) is 33.6 Å². The lowest BCUT2D eigenvalue weighted by Gasteiger charge is -2.26. The van der Waals surface area contributed by atoms with Crippen LogP contribution in [-0.4, -0.2) is 17.0 Å². The molecule has 13 heavy (non-hydrogen) atoms. The van der Waals surface area contributed by atoms with Crippen LogP contribution in [0.3, 0.4) is 0 Å². The second kappa shape index (κ2) is 2.57. The van der Waals surface area contributed by atoms with Crippen LogP contribution in [0.5, 0.6) is 0 Å². The molecule has 0 aromatic rings. The fourth-order valence-corrected chi connectivity index (χ4v) is 3.17. The van der Waals surface area contributed by atoms with Crippen molar-refractivity contribution in [3.63, 3.8) is 0 Å². The molecule has 0 spiro atoms. The van der Waals surface area contributed by atoms with E-state index in [2.05, 4.69) is 6.92 Å². The molecular formula is C11H18O2. The van der Waals surface area contributed by atoms with Gasteiger partial charge in [0.1, 0.15) is 5.78 Å². The fourth-order valence-electron chi connectivity index (χ4n) is 3.17. The summed E-state index contributed by atoms with van der Waals surface area (Å²) >= 11 is 0. The van der Waals surface area contributed by atoms with Gasteiger partial charge in [-0.25, -0.2) is 0 Å². The van der Waals surface area contributed by atoms with Gasteiger partial charge in [-0.1, -0.05) is 20.8 Å². The standard InChI is InChI=1S/C11H18O2/c1-6-9-7(4-5-8(9)12)10(13)11(6,2)3/h6-9,12H,4-5H2,1-3H3. The minimum Gasteiger partial charge on any atom is -0.393 e. The van der Waals surface area contributed by atoms with Gasteiger partial charge in [0.2, 0.25) is 0 Å². The van der Waals surface area contributed by atoms with Crippen molar-refractivity contribution in [1.29, 1.82) is 0 Å². The van der Waals surface area contributed by atoms with Gasteiger partial charge in [0.25, 0.3) is 0 Å². The topological polar surface area (TPSA) is 37.3 Å². The quantitative estimate of drug-likeness (QED) is 0.618. The Bertz CT molecular complexity index is 244. The molecule has 2 fully saturated rings. The maximum Gasteiger partial charge on any atom is 0.142 e. The predicted molar refractivity (Wildman–Crippen MR) is 50.2 cm³/mol. The Morgan fingerprint density at radius 3 is 2.54 bits per heavy atom. The van der Waals surface area contributed by atoms with Crippen molar-refractivity contribution in [2.45, 2.75) is 39.7 Å². The van der Waals surface area contributed by atoms with E-state index in [0.717, 1.165) is 12.8 Å². The molecule has 4 unspecified atom stereocenters. The van der Waals surface area contributed by atoms with E-state index in [0.29, 0.717) is 11.7 Å². The van der Waals surface area contributed by atoms with Crippen LogP contribution >= 0.6 is 0 Å². The van der Waals surface area contributed by atoms with Gasteiger partial charge in [0.15, 0.2) is 0 Å². The van der Waals surface area contributed by atoms with Crippen molar-refractivity contribution in [3.05, 3.63) is 0 Å². The number of rotatable bonds is 0. The van der Waals surface area contributed by atoms with E-state index in [-0.39, 0.29) is 23.4 Å². The Kier molecular flexibility index (Phi) is 1.82. The molecule has 0 radical (unpaired) electrons. The molecule has 2 rings (SSSR count). The number of hydrogen-bond acceptors (Lipinski definition) is 2. The summed E-state index contributed by atoms with van der Waals surface area (Å²) in [6.07, 6.45) is 1.49. The second-order valence-electron chi connectivity index (χ2n) is 5.20. The van der Waals surface area contributed by atoms with Gasteiger partial charge in [-0.05, 0) is 24.7 Å². The summed E-state index contributed by atoms with van der Waals surface area (Å²) in [6.45, 7) is 6.15. The number of hydrogen-bond donors (Lipinski definition) is 1. The van der Waals surface area contributed by atoms with E-state index in [1.807, 2.05) is 13.8 Å². The van der Waals surface area contributed by atoms with Crippen molar-refractivity contribution in [2.24, 2.45) is 23.2 Å². The number of Topliss-reactive ketones (excluding diaryl/α,β-unsaturated/α-hetero) is 1. The van der Waals surface area contributed by atoms with Crippen LogP contribution < -0.4 is 0 Å². The second-order valence-corrected chi connectivity index (χ2v) is 5.20. The number of aliphatic hydroxyl groups excluding tert-OH is 1. The molecule has 2 heteroatoms. The zero-order chi connectivity index (χ0) is 9.80. The first-order chi connectivity index (χ1) is 5.96. The molecule has 2 nitrogen and oxygen atoms in total. The average Bonchev–Trinajstić information content (AvgIpc) is 2.50. The summed E-state index contributed by atoms with van der Waals surface area (Å²) in [4.78, 5) is 12.0. The highest BCUT2D eigenvalue weighted by atomic mass is 16.3. The van der Waals surface area contributed by atoms with E-state index in [1.165, 1.54) is 0 Å². The Hall–Kier alpha value is -0.370. The molecule has 2 aliphatic carbocycles. The summed E-state index contributed by atoms with van der Waals surface area (Å²) in [6, 6.07) is 0. The van der Waals surface area contributed by atoms with Gasteiger partial charge in [-0.3, -0.25) is 4.79 Å². The molecule has 0 amide bonds. The minimum atomic E-state index is -0.231. The van der Waals surface area contributed by atoms with Gasteiger partial charge in [0.05, 0.1) is 6.10 Å². The lowest BCUT2D eigenvalue weighted by molar-refractivity contribution is -0.128. The Morgan fingerprint density at radius 2 is 2.00 bits per heavy atom. The molecule has 2 saturated carbocycles. The summed E-state index contributed by atoms with van der Waals surface area (Å²) in [5.41, 5.74) is -0.212. The zero-order valence-electron chi connectivity index (χ0n) is 8.58. The van der Waals surface area contributed by atoms with Crippen molar-refractivity contribution in [2.75, 3.05) is 0 Å². The minimum absolute atomic E-state index is 0.153. The monoisotopic (exact) mass is 182 g/mol. The van der Waals surface area contributed by atoms with Crippen LogP contribution in [0.15, 0.2) is 0 Å². The van der Waals surface area contributed by atoms with Crippen molar-refractivity contribution in [3.8, 4) is 0 Å². The SMILES string of the molecule is CC1C2C(O)CCC2C(=O)C1(C)C. The molecular weight excluding hydrogens is 164 g/mol. The van der Waals surface area contributed by atoms with Gasteiger partial charge in [-0.15, -0.1) is 0 Å². The number of ketones is 1. The first-order valence-electron chi connectivity index (χ1n) is 5.18. The summed E-state index contributed by atoms with van der Waals surface area (Å²) in [5.74, 6) is 1.10. The van der Waals surface area contributed by atoms with Crippen LogP contribution in [0.4, 0.5) is 0 Å². The van der Waals surface area contributed by atoms with Crippen molar-refractivity contribution >= 4 is 5.78 Å². The lowest BCUT2D eigenvalue weighted by Crippen LogP contribution is -2.28. The van der Waals surface area contributed by atoms with Gasteiger partial charge >= 0.3 is 0 Å². The zero-order valence-corrected chi connectivity index (χ0v) is 8.58. The number of fused-ring (bicyclic) bond motifs is 1. The number of carbonyl (C=O) groups is 1. The lowest BCUT2D eigenvalue weighted by atomic mass is 9.78. The maximum atomic E-state index is 12.0. The number of aliphatic hydroxyl groups is 1. The van der Waals surface area contributed by atoms with Crippen LogP contribution in [0.2, 0.25) is 0 Å². The molecule has 1 N–H and O–H groups in total. The summed E-state index contributed by atoms with van der Waals surface area (Å²) in [5, 5.41) is 9.77. The average molecular weight is 182 g/mol. The van der Waals surface area contributed by atoms with Crippen molar-refractivity contribution in [1.82, 2.24) is 0 Å². The molecule has 0 heterocycles. The smallest absolute Gasteiger partial charge is 0.142 e. The third-order valence-corrected chi connectivity index (χ3v) is 4.37. The fraction of sp³-hybridized carbons (Fsp3) is 0.909. The third-order valence-electron chi connectivity index (χ3n) is 4.37. The molecule has 2 aliphatic rings. The molecule has 74 valence electrons. The van der Waals surface area contributed by atoms with E-state index >= 15 is 0 Å². The van der Waals surface area contributed by atoms with E-state index in [1.54, 1.807) is 0 Å². The molecule has 4 atom stereocenters. The van der Waals surface area contributed by atoms with Crippen LogP contribution in [-0.2, 0) is 4.79 Å². The molecule has 0 aromatic carbocycles.